The molecule has 0 fully saturated rings. The molecule has 3 N–H and O–H groups in total. The smallest absolute Gasteiger partial charge is 0.0255 e. The van der Waals surface area contributed by atoms with E-state index < -0.39 is 0 Å². The molecule has 0 aromatic rings. The molecule has 0 aromatic carbocycles. The van der Waals surface area contributed by atoms with Crippen molar-refractivity contribution in [1.29, 1.82) is 0 Å². The number of thiocarbonyl (C=S) groups is 1. The minimum absolute atomic E-state index is 0.394. The van der Waals surface area contributed by atoms with Crippen LogP contribution in [-0.2, 0) is 12.6 Å². The van der Waals surface area contributed by atoms with E-state index in [9.17, 15) is 0 Å². The Hall–Kier alpha value is 0.0700. The first-order valence-corrected chi connectivity index (χ1v) is 2.74. The first-order chi connectivity index (χ1) is 3.27. The number of rotatable bonds is 2. The molecular weight excluding hydrogens is 128 g/mol. The Morgan fingerprint density at radius 1 is 1.86 bits per heavy atom. The quantitative estimate of drug-likeness (QED) is 0.390. The fourth-order valence-electron chi connectivity index (χ4n) is 0.174. The van der Waals surface area contributed by atoms with E-state index in [2.05, 4.69) is 30.2 Å². The van der Waals surface area contributed by atoms with Gasteiger partial charge in [-0.2, -0.15) is 0 Å². The van der Waals surface area contributed by atoms with Crippen LogP contribution in [0.4, 0.5) is 0 Å². The van der Waals surface area contributed by atoms with Gasteiger partial charge in [-0.25, -0.2) is 0 Å². The molecule has 0 saturated carbocycles. The zero-order valence-electron chi connectivity index (χ0n) is 3.81. The van der Waals surface area contributed by atoms with Crippen LogP contribution >= 0.6 is 12.2 Å². The van der Waals surface area contributed by atoms with E-state index in [1.165, 1.54) is 0 Å². The molecule has 0 atom stereocenters. The van der Waals surface area contributed by atoms with Crippen LogP contribution in [0.1, 0.15) is 0 Å². The monoisotopic (exact) mass is 135 g/mol. The van der Waals surface area contributed by atoms with Gasteiger partial charge in [0, 0.05) is 13.1 Å². The average molecular weight is 135 g/mol. The minimum atomic E-state index is 0.394. The van der Waals surface area contributed by atoms with Gasteiger partial charge in [0.15, 0.2) is 0 Å². The third kappa shape index (κ3) is 6.07. The molecule has 4 heteroatoms. The SMILES string of the molecule is NCCNC(=S)[S-]. The highest BCUT2D eigenvalue weighted by Crippen LogP contribution is 1.60. The van der Waals surface area contributed by atoms with Crippen LogP contribution in [0.25, 0.3) is 0 Å². The van der Waals surface area contributed by atoms with E-state index in [1.54, 1.807) is 0 Å². The Labute approximate surface area is 53.9 Å². The molecule has 0 saturated heterocycles. The van der Waals surface area contributed by atoms with Crippen LogP contribution in [0.15, 0.2) is 0 Å². The zero-order valence-corrected chi connectivity index (χ0v) is 5.44. The molecule has 42 valence electrons. The molecule has 0 radical (unpaired) electrons. The van der Waals surface area contributed by atoms with Gasteiger partial charge in [0.2, 0.25) is 0 Å². The van der Waals surface area contributed by atoms with Crippen molar-refractivity contribution in [3.05, 3.63) is 0 Å². The summed E-state index contributed by atoms with van der Waals surface area (Å²) in [5, 5.41) is 2.72. The Balaban J connectivity index is 2.82. The van der Waals surface area contributed by atoms with Crippen molar-refractivity contribution in [2.75, 3.05) is 13.1 Å². The average Bonchev–Trinajstić information content (AvgIpc) is 1.61. The van der Waals surface area contributed by atoms with Gasteiger partial charge >= 0.3 is 0 Å². The number of hydrogen-bond donors (Lipinski definition) is 2. The second-order valence-electron chi connectivity index (χ2n) is 1.00. The van der Waals surface area contributed by atoms with E-state index in [-0.39, 0.29) is 0 Å². The Morgan fingerprint density at radius 2 is 2.43 bits per heavy atom. The topological polar surface area (TPSA) is 38.0 Å². The van der Waals surface area contributed by atoms with Crippen LogP contribution in [0.2, 0.25) is 0 Å². The predicted octanol–water partition coefficient (Wildman–Crippen LogP) is -0.633. The Bertz CT molecular complexity index is 64.0. The molecule has 7 heavy (non-hydrogen) atoms. The first kappa shape index (κ1) is 7.07. The van der Waals surface area contributed by atoms with Gasteiger partial charge in [-0.1, -0.05) is 4.32 Å². The van der Waals surface area contributed by atoms with Crippen molar-refractivity contribution in [3.8, 4) is 0 Å². The Kier molecular flexibility index (Phi) is 4.28. The second kappa shape index (κ2) is 4.23. The molecule has 0 aromatic heterocycles. The van der Waals surface area contributed by atoms with Crippen molar-refractivity contribution < 1.29 is 0 Å². The lowest BCUT2D eigenvalue weighted by molar-refractivity contribution is 0.893. The van der Waals surface area contributed by atoms with Gasteiger partial charge in [-0.15, -0.1) is 0 Å². The number of hydrogen-bond acceptors (Lipinski definition) is 3. The first-order valence-electron chi connectivity index (χ1n) is 1.92. The lowest BCUT2D eigenvalue weighted by Gasteiger charge is -2.05. The normalized spacial score (nSPS) is 8.14. The summed E-state index contributed by atoms with van der Waals surface area (Å²) in [7, 11) is 0. The van der Waals surface area contributed by atoms with Gasteiger partial charge in [-0.05, 0) is 0 Å². The summed E-state index contributed by atoms with van der Waals surface area (Å²) in [5.74, 6) is 0. The fourth-order valence-corrected chi connectivity index (χ4v) is 0.378. The standard InChI is InChI=1S/C3H8N2S2/c4-1-2-5-3(6)7/h1-2,4H2,(H2,5,6,7)/p-1. The summed E-state index contributed by atoms with van der Waals surface area (Å²) in [5.41, 5.74) is 5.11. The predicted molar refractivity (Wildman–Crippen MR) is 37.0 cm³/mol. The van der Waals surface area contributed by atoms with E-state index in [1.807, 2.05) is 0 Å². The van der Waals surface area contributed by atoms with E-state index >= 15 is 0 Å². The van der Waals surface area contributed by atoms with Gasteiger partial charge in [0.05, 0.1) is 0 Å². The van der Waals surface area contributed by atoms with Gasteiger partial charge in [-0.3, -0.25) is 0 Å². The summed E-state index contributed by atoms with van der Waals surface area (Å²) in [6, 6.07) is 0. The third-order valence-electron chi connectivity index (χ3n) is 0.414. The fraction of sp³-hybridized carbons (Fsp3) is 0.667. The van der Waals surface area contributed by atoms with Crippen molar-refractivity contribution in [2.24, 2.45) is 5.73 Å². The lowest BCUT2D eigenvalue weighted by Crippen LogP contribution is -2.25. The summed E-state index contributed by atoms with van der Waals surface area (Å²) >= 11 is 9.02. The van der Waals surface area contributed by atoms with Crippen LogP contribution < -0.4 is 11.1 Å². The molecule has 0 aliphatic carbocycles. The van der Waals surface area contributed by atoms with Crippen LogP contribution in [0.5, 0.6) is 0 Å². The maximum atomic E-state index is 5.11. The van der Waals surface area contributed by atoms with Crippen LogP contribution in [0, 0.1) is 0 Å². The molecule has 0 heterocycles. The van der Waals surface area contributed by atoms with E-state index in [0.717, 1.165) is 0 Å². The van der Waals surface area contributed by atoms with E-state index in [4.69, 9.17) is 5.73 Å². The van der Waals surface area contributed by atoms with E-state index in [0.29, 0.717) is 17.4 Å². The molecule has 0 aliphatic heterocycles. The van der Waals surface area contributed by atoms with Gasteiger partial charge < -0.3 is 35.9 Å². The maximum absolute atomic E-state index is 5.11. The highest BCUT2D eigenvalue weighted by atomic mass is 32.1. The van der Waals surface area contributed by atoms with Crippen molar-refractivity contribution >= 4 is 29.2 Å². The van der Waals surface area contributed by atoms with Gasteiger partial charge in [0.25, 0.3) is 0 Å². The minimum Gasteiger partial charge on any atom is -0.412 e. The highest BCUT2D eigenvalue weighted by molar-refractivity contribution is 8.00. The molecule has 0 amide bonds. The third-order valence-corrected chi connectivity index (χ3v) is 0.702. The number of nitrogens with one attached hydrogen (secondary N) is 1. The molecular formula is C3H7N2S2-. The summed E-state index contributed by atoms with van der Waals surface area (Å²) < 4.78 is 0.394. The van der Waals surface area contributed by atoms with Crippen molar-refractivity contribution in [3.63, 3.8) is 0 Å². The lowest BCUT2D eigenvalue weighted by atomic mass is 10.7. The molecule has 0 aliphatic rings. The summed E-state index contributed by atoms with van der Waals surface area (Å²) in [6.45, 7) is 1.26. The second-order valence-corrected chi connectivity index (χ2v) is 2.08. The van der Waals surface area contributed by atoms with Crippen molar-refractivity contribution in [1.82, 2.24) is 5.32 Å². The molecule has 0 unspecified atom stereocenters. The Morgan fingerprint density at radius 3 is 2.57 bits per heavy atom. The molecule has 0 spiro atoms. The van der Waals surface area contributed by atoms with Crippen LogP contribution in [-0.4, -0.2) is 17.4 Å². The summed E-state index contributed by atoms with van der Waals surface area (Å²) in [6.07, 6.45) is 0. The van der Waals surface area contributed by atoms with Gasteiger partial charge in [0.1, 0.15) is 0 Å². The summed E-state index contributed by atoms with van der Waals surface area (Å²) in [4.78, 5) is 0. The maximum Gasteiger partial charge on any atom is 0.0255 e. The molecule has 2 nitrogen and oxygen atoms in total. The largest absolute Gasteiger partial charge is 0.412 e. The zero-order chi connectivity index (χ0) is 5.70. The number of nitrogens with two attached hydrogens (primary N) is 1. The molecule has 0 rings (SSSR count). The molecule has 0 bridgehead atoms. The highest BCUT2D eigenvalue weighted by Gasteiger charge is 1.71. The van der Waals surface area contributed by atoms with Crippen LogP contribution in [0.3, 0.4) is 0 Å². The van der Waals surface area contributed by atoms with Crippen molar-refractivity contribution in [2.45, 2.75) is 0 Å².